The van der Waals surface area contributed by atoms with Crippen LogP contribution in [0.1, 0.15) is 265 Å². The van der Waals surface area contributed by atoms with E-state index in [0.29, 0.717) is 19.3 Å². The van der Waals surface area contributed by atoms with Crippen molar-refractivity contribution in [3.63, 3.8) is 0 Å². The van der Waals surface area contributed by atoms with E-state index >= 15 is 0 Å². The Morgan fingerprint density at radius 2 is 0.818 bits per heavy atom. The number of hydrogen-bond donors (Lipinski definition) is 3. The number of carbonyl (C=O) groups is 4. The molecule has 442 valence electrons. The van der Waals surface area contributed by atoms with Crippen LogP contribution in [-0.2, 0) is 42.9 Å². The van der Waals surface area contributed by atoms with Crippen LogP contribution in [0.3, 0.4) is 0 Å². The standard InChI is InChI=1S/C65H110O12/c1-4-7-10-13-16-19-22-25-27-28-29-30-32-35-38-41-44-47-50-53-59(68)76-63-61(70)60(69)62(64(71)72)77-65(63)74-55-56(75-58(67)52-49-46-43-40-37-33-24-21-18-15-12-9-6-3)54-73-57(66)51-48-45-42-39-36-34-31-26-23-20-17-14-11-8-5-2/h8,11,16-17,19-20,25-27,31,36,39,56,60-63,65,69-70H,4-7,9-10,12-15,18,21-24,28-30,32-35,37-38,40-55H2,1-3H3,(H,71,72)/b11-8-,19-16-,20-17-,27-25-,31-26-,39-36-. The number of carbonyl (C=O) groups excluding carboxylic acids is 3. The molecule has 0 radical (unpaired) electrons. The Hall–Kier alpha value is -3.84. The second-order valence-corrected chi connectivity index (χ2v) is 21.0. The number of carboxylic acids is 1. The lowest BCUT2D eigenvalue weighted by molar-refractivity contribution is -0.301. The summed E-state index contributed by atoms with van der Waals surface area (Å²) in [4.78, 5) is 51.2. The van der Waals surface area contributed by atoms with Crippen LogP contribution in [0.2, 0.25) is 0 Å². The van der Waals surface area contributed by atoms with E-state index in [4.69, 9.17) is 23.7 Å². The number of allylic oxidation sites excluding steroid dienone is 12. The van der Waals surface area contributed by atoms with E-state index in [0.717, 1.165) is 96.3 Å². The van der Waals surface area contributed by atoms with Gasteiger partial charge in [0.2, 0.25) is 0 Å². The lowest BCUT2D eigenvalue weighted by Gasteiger charge is -2.40. The number of aliphatic carboxylic acids is 1. The Labute approximate surface area is 468 Å². The molecule has 1 heterocycles. The van der Waals surface area contributed by atoms with Gasteiger partial charge in [-0.2, -0.15) is 0 Å². The summed E-state index contributed by atoms with van der Waals surface area (Å²) in [6, 6.07) is 0. The minimum absolute atomic E-state index is 0.0510. The topological polar surface area (TPSA) is 175 Å². The predicted octanol–water partition coefficient (Wildman–Crippen LogP) is 16.1. The van der Waals surface area contributed by atoms with Gasteiger partial charge < -0.3 is 39.0 Å². The molecule has 0 aliphatic carbocycles. The minimum atomic E-state index is -1.91. The quantitative estimate of drug-likeness (QED) is 0.0228. The van der Waals surface area contributed by atoms with Crippen molar-refractivity contribution in [2.45, 2.75) is 302 Å². The molecule has 1 rings (SSSR count). The molecule has 1 saturated heterocycles. The fraction of sp³-hybridized carbons (Fsp3) is 0.754. The molecule has 3 N–H and O–H groups in total. The van der Waals surface area contributed by atoms with E-state index < -0.39 is 67.3 Å². The zero-order valence-corrected chi connectivity index (χ0v) is 48.7. The van der Waals surface area contributed by atoms with Crippen molar-refractivity contribution in [1.29, 1.82) is 0 Å². The lowest BCUT2D eigenvalue weighted by Crippen LogP contribution is -2.61. The molecule has 6 unspecified atom stereocenters. The molecular formula is C65H110O12. The fourth-order valence-electron chi connectivity index (χ4n) is 9.04. The molecule has 0 aromatic rings. The molecule has 0 aromatic carbocycles. The molecule has 77 heavy (non-hydrogen) atoms. The highest BCUT2D eigenvalue weighted by Gasteiger charge is 2.50. The summed E-state index contributed by atoms with van der Waals surface area (Å²) in [7, 11) is 0. The zero-order chi connectivity index (χ0) is 56.1. The minimum Gasteiger partial charge on any atom is -0.479 e. The number of esters is 3. The Bertz CT molecular complexity index is 1620. The molecule has 1 fully saturated rings. The van der Waals surface area contributed by atoms with Crippen molar-refractivity contribution in [3.8, 4) is 0 Å². The maximum Gasteiger partial charge on any atom is 0.335 e. The first-order valence-corrected chi connectivity index (χ1v) is 30.9. The number of aliphatic hydroxyl groups excluding tert-OH is 2. The van der Waals surface area contributed by atoms with E-state index in [-0.39, 0.29) is 25.9 Å². The summed E-state index contributed by atoms with van der Waals surface area (Å²) in [5.74, 6) is -3.17. The van der Waals surface area contributed by atoms with Gasteiger partial charge in [-0.1, -0.05) is 229 Å². The number of ether oxygens (including phenoxy) is 5. The van der Waals surface area contributed by atoms with Crippen molar-refractivity contribution in [1.82, 2.24) is 0 Å². The van der Waals surface area contributed by atoms with E-state index in [1.54, 1.807) is 0 Å². The molecule has 12 heteroatoms. The molecule has 6 atom stereocenters. The van der Waals surface area contributed by atoms with Gasteiger partial charge in [0.15, 0.2) is 24.6 Å². The number of hydrogen-bond acceptors (Lipinski definition) is 11. The van der Waals surface area contributed by atoms with Gasteiger partial charge in [-0.25, -0.2) is 4.79 Å². The highest BCUT2D eigenvalue weighted by molar-refractivity contribution is 5.74. The molecule has 0 amide bonds. The molecule has 0 bridgehead atoms. The average molecular weight is 1080 g/mol. The first kappa shape index (κ1) is 71.2. The maximum atomic E-state index is 13.1. The van der Waals surface area contributed by atoms with Gasteiger partial charge in [-0.05, 0) is 89.9 Å². The van der Waals surface area contributed by atoms with Crippen LogP contribution in [0, 0.1) is 0 Å². The van der Waals surface area contributed by atoms with Crippen LogP contribution < -0.4 is 0 Å². The van der Waals surface area contributed by atoms with Crippen LogP contribution in [0.25, 0.3) is 0 Å². The summed E-state index contributed by atoms with van der Waals surface area (Å²) in [5, 5.41) is 31.5. The summed E-state index contributed by atoms with van der Waals surface area (Å²) in [6.45, 7) is 5.83. The average Bonchev–Trinajstić information content (AvgIpc) is 3.42. The number of aliphatic hydroxyl groups is 2. The molecule has 0 saturated carbocycles. The molecule has 1 aliphatic rings. The van der Waals surface area contributed by atoms with Gasteiger partial charge in [0.1, 0.15) is 18.8 Å². The van der Waals surface area contributed by atoms with Crippen molar-refractivity contribution in [2.24, 2.45) is 0 Å². The second kappa shape index (κ2) is 52.8. The van der Waals surface area contributed by atoms with E-state index in [1.165, 1.54) is 109 Å². The third-order valence-corrected chi connectivity index (χ3v) is 13.8. The second-order valence-electron chi connectivity index (χ2n) is 21.0. The highest BCUT2D eigenvalue weighted by atomic mass is 16.7. The van der Waals surface area contributed by atoms with Crippen LogP contribution in [-0.4, -0.2) is 89.2 Å². The van der Waals surface area contributed by atoms with Crippen molar-refractivity contribution < 1.29 is 58.2 Å². The normalized spacial score (nSPS) is 18.5. The lowest BCUT2D eigenvalue weighted by atomic mass is 9.98. The largest absolute Gasteiger partial charge is 0.479 e. The molecule has 1 aliphatic heterocycles. The number of rotatable bonds is 52. The number of unbranched alkanes of at least 4 members (excludes halogenated alkanes) is 26. The van der Waals surface area contributed by atoms with Crippen molar-refractivity contribution in [2.75, 3.05) is 13.2 Å². The van der Waals surface area contributed by atoms with Crippen LogP contribution >= 0.6 is 0 Å². The van der Waals surface area contributed by atoms with Gasteiger partial charge in [0.05, 0.1) is 6.61 Å². The third-order valence-electron chi connectivity index (χ3n) is 13.8. The van der Waals surface area contributed by atoms with Crippen molar-refractivity contribution in [3.05, 3.63) is 72.9 Å². The van der Waals surface area contributed by atoms with Gasteiger partial charge >= 0.3 is 23.9 Å². The Kier molecular flexibility index (Phi) is 48.8. The van der Waals surface area contributed by atoms with Crippen LogP contribution in [0.5, 0.6) is 0 Å². The van der Waals surface area contributed by atoms with Crippen LogP contribution in [0.15, 0.2) is 72.9 Å². The van der Waals surface area contributed by atoms with Gasteiger partial charge in [-0.3, -0.25) is 14.4 Å². The monoisotopic (exact) mass is 1080 g/mol. The zero-order valence-electron chi connectivity index (χ0n) is 48.7. The summed E-state index contributed by atoms with van der Waals surface area (Å²) in [6.07, 6.45) is 54.4. The first-order valence-electron chi connectivity index (χ1n) is 30.9. The smallest absolute Gasteiger partial charge is 0.335 e. The summed E-state index contributed by atoms with van der Waals surface area (Å²) >= 11 is 0. The molecule has 0 aromatic heterocycles. The third kappa shape index (κ3) is 42.7. The van der Waals surface area contributed by atoms with Gasteiger partial charge in [-0.15, -0.1) is 0 Å². The fourth-order valence-corrected chi connectivity index (χ4v) is 9.04. The Balaban J connectivity index is 2.68. The van der Waals surface area contributed by atoms with Gasteiger partial charge in [0, 0.05) is 19.3 Å². The van der Waals surface area contributed by atoms with Gasteiger partial charge in [0.25, 0.3) is 0 Å². The van der Waals surface area contributed by atoms with E-state index in [1.807, 2.05) is 0 Å². The SMILES string of the molecule is CC/C=C\C/C=C\C/C=C\C/C=C\CCCCC(=O)OCC(COC1OC(C(=O)O)C(O)C(O)C1OC(=O)CCCCCCCCCCC/C=C\C/C=C\CCCCC)OC(=O)CCCCCCCCCCCCCCC. The maximum absolute atomic E-state index is 13.1. The van der Waals surface area contributed by atoms with Crippen molar-refractivity contribution >= 4 is 23.9 Å². The van der Waals surface area contributed by atoms with E-state index in [2.05, 4.69) is 93.7 Å². The molecule has 0 spiro atoms. The summed E-state index contributed by atoms with van der Waals surface area (Å²) < 4.78 is 28.4. The Morgan fingerprint density at radius 3 is 1.30 bits per heavy atom. The summed E-state index contributed by atoms with van der Waals surface area (Å²) in [5.41, 5.74) is 0. The first-order chi connectivity index (χ1) is 37.6. The Morgan fingerprint density at radius 1 is 0.442 bits per heavy atom. The highest BCUT2D eigenvalue weighted by Crippen LogP contribution is 2.26. The van der Waals surface area contributed by atoms with Crippen LogP contribution in [0.4, 0.5) is 0 Å². The van der Waals surface area contributed by atoms with E-state index in [9.17, 15) is 34.5 Å². The molecular weight excluding hydrogens is 973 g/mol. The predicted molar refractivity (Wildman–Crippen MR) is 312 cm³/mol. The molecule has 12 nitrogen and oxygen atoms in total. The number of carboxylic acid groups (broad SMARTS) is 1.